The van der Waals surface area contributed by atoms with E-state index in [-0.39, 0.29) is 6.04 Å². The zero-order valence-corrected chi connectivity index (χ0v) is 10.9. The number of rotatable bonds is 2. The lowest BCUT2D eigenvalue weighted by molar-refractivity contribution is 0.807. The van der Waals surface area contributed by atoms with Crippen molar-refractivity contribution in [2.75, 3.05) is 0 Å². The highest BCUT2D eigenvalue weighted by atomic mass is 35.5. The minimum atomic E-state index is -0.0277. The molecule has 1 aromatic carbocycles. The van der Waals surface area contributed by atoms with E-state index in [2.05, 4.69) is 10.1 Å². The molecule has 0 aliphatic carbocycles. The van der Waals surface area contributed by atoms with Crippen molar-refractivity contribution >= 4 is 11.6 Å². The molecule has 90 valence electrons. The average Bonchev–Trinajstić information content (AvgIpc) is 2.57. The van der Waals surface area contributed by atoms with Crippen molar-refractivity contribution in [1.29, 1.82) is 0 Å². The number of halogens is 1. The second-order valence-electron chi connectivity index (χ2n) is 4.12. The number of hydrogen-bond acceptors (Lipinski definition) is 3. The molecule has 2 N–H and O–H groups in total. The Bertz CT molecular complexity index is 545. The summed E-state index contributed by atoms with van der Waals surface area (Å²) in [7, 11) is 0. The Morgan fingerprint density at radius 2 is 2.06 bits per heavy atom. The SMILES string of the molecule is Cc1nc(C)n(-c2ccc([C@@H](C)N)cc2Cl)n1. The van der Waals surface area contributed by atoms with Gasteiger partial charge in [-0.25, -0.2) is 9.67 Å². The first kappa shape index (κ1) is 12.1. The predicted octanol–water partition coefficient (Wildman–Crippen LogP) is 2.56. The van der Waals surface area contributed by atoms with E-state index in [1.165, 1.54) is 0 Å². The summed E-state index contributed by atoms with van der Waals surface area (Å²) in [6.45, 7) is 5.68. The summed E-state index contributed by atoms with van der Waals surface area (Å²) in [6.07, 6.45) is 0. The minimum absolute atomic E-state index is 0.0277. The molecule has 0 saturated heterocycles. The maximum absolute atomic E-state index is 6.25. The van der Waals surface area contributed by atoms with E-state index in [1.807, 2.05) is 39.0 Å². The molecule has 0 aliphatic heterocycles. The number of nitrogens with zero attached hydrogens (tertiary/aromatic N) is 3. The van der Waals surface area contributed by atoms with Crippen molar-refractivity contribution in [2.45, 2.75) is 26.8 Å². The van der Waals surface area contributed by atoms with Crippen molar-refractivity contribution in [3.8, 4) is 5.69 Å². The van der Waals surface area contributed by atoms with E-state index in [4.69, 9.17) is 17.3 Å². The lowest BCUT2D eigenvalue weighted by Crippen LogP contribution is -2.06. The number of aryl methyl sites for hydroxylation is 2. The number of aromatic nitrogens is 3. The highest BCUT2D eigenvalue weighted by molar-refractivity contribution is 6.32. The quantitative estimate of drug-likeness (QED) is 0.891. The fourth-order valence-electron chi connectivity index (χ4n) is 1.73. The summed E-state index contributed by atoms with van der Waals surface area (Å²) < 4.78 is 1.74. The van der Waals surface area contributed by atoms with Crippen molar-refractivity contribution in [3.05, 3.63) is 40.4 Å². The summed E-state index contributed by atoms with van der Waals surface area (Å²) in [4.78, 5) is 4.25. The maximum atomic E-state index is 6.25. The van der Waals surface area contributed by atoms with Crippen molar-refractivity contribution < 1.29 is 0 Å². The standard InChI is InChI=1S/C12H15ClN4/c1-7(14)10-4-5-12(11(13)6-10)17-9(3)15-8(2)16-17/h4-7H,14H2,1-3H3/t7-/m1/s1. The van der Waals surface area contributed by atoms with Gasteiger partial charge < -0.3 is 5.73 Å². The Morgan fingerprint density at radius 1 is 1.35 bits per heavy atom. The van der Waals surface area contributed by atoms with Gasteiger partial charge in [0.05, 0.1) is 10.7 Å². The van der Waals surface area contributed by atoms with Gasteiger partial charge in [-0.3, -0.25) is 0 Å². The van der Waals surface area contributed by atoms with Gasteiger partial charge in [0.25, 0.3) is 0 Å². The van der Waals surface area contributed by atoms with Crippen LogP contribution in [0.15, 0.2) is 18.2 Å². The monoisotopic (exact) mass is 250 g/mol. The van der Waals surface area contributed by atoms with Crippen molar-refractivity contribution in [3.63, 3.8) is 0 Å². The number of hydrogen-bond donors (Lipinski definition) is 1. The fraction of sp³-hybridized carbons (Fsp3) is 0.333. The van der Waals surface area contributed by atoms with Crippen LogP contribution < -0.4 is 5.73 Å². The van der Waals surface area contributed by atoms with Gasteiger partial charge in [0.15, 0.2) is 0 Å². The Labute approximate surface area is 105 Å². The van der Waals surface area contributed by atoms with Gasteiger partial charge in [-0.2, -0.15) is 5.10 Å². The molecule has 2 aromatic rings. The van der Waals surface area contributed by atoms with E-state index in [9.17, 15) is 0 Å². The zero-order valence-electron chi connectivity index (χ0n) is 10.1. The lowest BCUT2D eigenvalue weighted by Gasteiger charge is -2.10. The fourth-order valence-corrected chi connectivity index (χ4v) is 2.00. The van der Waals surface area contributed by atoms with Gasteiger partial charge in [0, 0.05) is 6.04 Å². The van der Waals surface area contributed by atoms with Crippen LogP contribution in [0.2, 0.25) is 5.02 Å². The molecule has 0 fully saturated rings. The van der Waals surface area contributed by atoms with Crippen LogP contribution in [0.4, 0.5) is 0 Å². The third-order valence-electron chi connectivity index (χ3n) is 2.60. The first-order valence-corrected chi connectivity index (χ1v) is 5.82. The van der Waals surface area contributed by atoms with Crippen LogP contribution in [-0.4, -0.2) is 14.8 Å². The Kier molecular flexibility index (Phi) is 3.17. The molecular formula is C12H15ClN4. The van der Waals surface area contributed by atoms with Crippen LogP contribution in [0.25, 0.3) is 5.69 Å². The third kappa shape index (κ3) is 2.33. The normalized spacial score (nSPS) is 12.8. The molecule has 2 rings (SSSR count). The smallest absolute Gasteiger partial charge is 0.148 e. The zero-order chi connectivity index (χ0) is 12.6. The van der Waals surface area contributed by atoms with E-state index in [0.717, 1.165) is 22.9 Å². The van der Waals surface area contributed by atoms with Gasteiger partial charge in [0.2, 0.25) is 0 Å². The summed E-state index contributed by atoms with van der Waals surface area (Å²) in [6, 6.07) is 5.72. The van der Waals surface area contributed by atoms with Gasteiger partial charge in [-0.05, 0) is 38.5 Å². The second-order valence-corrected chi connectivity index (χ2v) is 4.52. The van der Waals surface area contributed by atoms with Crippen molar-refractivity contribution in [1.82, 2.24) is 14.8 Å². The van der Waals surface area contributed by atoms with E-state index >= 15 is 0 Å². The van der Waals surface area contributed by atoms with Crippen LogP contribution in [0, 0.1) is 13.8 Å². The summed E-state index contributed by atoms with van der Waals surface area (Å²) >= 11 is 6.25. The van der Waals surface area contributed by atoms with Gasteiger partial charge >= 0.3 is 0 Å². The van der Waals surface area contributed by atoms with Crippen LogP contribution in [0.3, 0.4) is 0 Å². The minimum Gasteiger partial charge on any atom is -0.324 e. The molecule has 0 radical (unpaired) electrons. The molecule has 0 spiro atoms. The molecule has 0 unspecified atom stereocenters. The Morgan fingerprint density at radius 3 is 2.53 bits per heavy atom. The molecular weight excluding hydrogens is 236 g/mol. The summed E-state index contributed by atoms with van der Waals surface area (Å²) in [5, 5.41) is 4.94. The molecule has 1 atom stereocenters. The molecule has 1 heterocycles. The first-order chi connectivity index (χ1) is 7.99. The van der Waals surface area contributed by atoms with Crippen LogP contribution in [-0.2, 0) is 0 Å². The summed E-state index contributed by atoms with van der Waals surface area (Å²) in [5.41, 5.74) is 7.65. The molecule has 0 aliphatic rings. The van der Waals surface area contributed by atoms with E-state index in [0.29, 0.717) is 5.02 Å². The average molecular weight is 251 g/mol. The van der Waals surface area contributed by atoms with Gasteiger partial charge in [0.1, 0.15) is 11.6 Å². The molecule has 1 aromatic heterocycles. The molecule has 0 amide bonds. The lowest BCUT2D eigenvalue weighted by atomic mass is 10.1. The third-order valence-corrected chi connectivity index (χ3v) is 2.90. The molecule has 4 nitrogen and oxygen atoms in total. The van der Waals surface area contributed by atoms with Gasteiger partial charge in [-0.1, -0.05) is 17.7 Å². The number of benzene rings is 1. The molecule has 17 heavy (non-hydrogen) atoms. The van der Waals surface area contributed by atoms with Crippen molar-refractivity contribution in [2.24, 2.45) is 5.73 Å². The largest absolute Gasteiger partial charge is 0.324 e. The second kappa shape index (κ2) is 4.47. The van der Waals surface area contributed by atoms with Crippen LogP contribution >= 0.6 is 11.6 Å². The number of nitrogens with two attached hydrogens (primary N) is 1. The highest BCUT2D eigenvalue weighted by Gasteiger charge is 2.10. The Balaban J connectivity index is 2.50. The van der Waals surface area contributed by atoms with E-state index in [1.54, 1.807) is 4.68 Å². The topological polar surface area (TPSA) is 56.7 Å². The van der Waals surface area contributed by atoms with Crippen LogP contribution in [0.1, 0.15) is 30.2 Å². The van der Waals surface area contributed by atoms with E-state index < -0.39 is 0 Å². The predicted molar refractivity (Wildman–Crippen MR) is 68.4 cm³/mol. The highest BCUT2D eigenvalue weighted by Crippen LogP contribution is 2.24. The van der Waals surface area contributed by atoms with Crippen LogP contribution in [0.5, 0.6) is 0 Å². The Hall–Kier alpha value is -1.39. The summed E-state index contributed by atoms with van der Waals surface area (Å²) in [5.74, 6) is 1.55. The first-order valence-electron chi connectivity index (χ1n) is 5.44. The molecule has 0 bridgehead atoms. The maximum Gasteiger partial charge on any atom is 0.148 e. The molecule has 5 heteroatoms. The van der Waals surface area contributed by atoms with Gasteiger partial charge in [-0.15, -0.1) is 0 Å². The molecule has 0 saturated carbocycles.